The van der Waals surface area contributed by atoms with Crippen molar-refractivity contribution in [3.05, 3.63) is 70.2 Å². The lowest BCUT2D eigenvalue weighted by atomic mass is 9.87. The minimum absolute atomic E-state index is 0.00353. The van der Waals surface area contributed by atoms with E-state index in [-0.39, 0.29) is 46.5 Å². The molecule has 3 aromatic rings. The Kier molecular flexibility index (Phi) is 9.37. The van der Waals surface area contributed by atoms with Crippen molar-refractivity contribution < 1.29 is 38.1 Å². The molecule has 1 amide bonds. The summed E-state index contributed by atoms with van der Waals surface area (Å²) in [5, 5.41) is 41.3. The van der Waals surface area contributed by atoms with E-state index in [2.05, 4.69) is 15.0 Å². The van der Waals surface area contributed by atoms with E-state index >= 15 is 0 Å². The van der Waals surface area contributed by atoms with Crippen LogP contribution in [-0.4, -0.2) is 69.7 Å². The molecule has 0 bridgehead atoms. The summed E-state index contributed by atoms with van der Waals surface area (Å²) in [5.41, 5.74) is 4.64. The number of hydrogen-bond donors (Lipinski definition) is 7. The Bertz CT molecular complexity index is 1570. The number of amides is 1. The third-order valence-electron chi connectivity index (χ3n) is 7.20. The number of carbonyl (C=O) groups excluding carboxylic acids is 1. The Balaban J connectivity index is 1.53. The van der Waals surface area contributed by atoms with E-state index in [1.54, 1.807) is 31.3 Å². The first-order valence-corrected chi connectivity index (χ1v) is 14.8. The smallest absolute Gasteiger partial charge is 0.343 e. The third kappa shape index (κ3) is 6.99. The molecule has 2 unspecified atom stereocenters. The minimum atomic E-state index is -3.95. The van der Waals surface area contributed by atoms with Gasteiger partial charge in [0.25, 0.3) is 10.0 Å². The Morgan fingerprint density at radius 3 is 2.48 bits per heavy atom. The topological polar surface area (TPSA) is 230 Å². The quantitative estimate of drug-likeness (QED) is 0.130. The van der Waals surface area contributed by atoms with Crippen molar-refractivity contribution in [3.8, 4) is 5.75 Å². The van der Waals surface area contributed by atoms with Gasteiger partial charge in [-0.2, -0.15) is 8.42 Å². The van der Waals surface area contributed by atoms with Crippen molar-refractivity contribution in [2.75, 3.05) is 24.5 Å². The van der Waals surface area contributed by atoms with Crippen LogP contribution < -0.4 is 21.4 Å². The van der Waals surface area contributed by atoms with Gasteiger partial charge in [0.05, 0.1) is 37.8 Å². The van der Waals surface area contributed by atoms with Crippen molar-refractivity contribution in [3.63, 3.8) is 0 Å². The number of aliphatic hydroxyl groups excluding tert-OH is 3. The van der Waals surface area contributed by atoms with Crippen LogP contribution in [0.4, 0.5) is 5.69 Å². The van der Waals surface area contributed by atoms with Crippen LogP contribution in [0.2, 0.25) is 0 Å². The van der Waals surface area contributed by atoms with Crippen molar-refractivity contribution in [2.24, 2.45) is 18.7 Å². The highest BCUT2D eigenvalue weighted by Gasteiger charge is 2.38. The number of aliphatic hydroxyl groups is 3. The average molecular weight is 606 g/mol. The second-order valence-corrected chi connectivity index (χ2v) is 12.2. The number of imidazole rings is 1. The van der Waals surface area contributed by atoms with Gasteiger partial charge in [-0.05, 0) is 42.9 Å². The summed E-state index contributed by atoms with van der Waals surface area (Å²) in [5.74, 6) is -1.52. The van der Waals surface area contributed by atoms with Crippen LogP contribution in [0.5, 0.6) is 5.75 Å². The molecule has 8 N–H and O–H groups in total. The Labute approximate surface area is 241 Å². The Morgan fingerprint density at radius 1 is 1.21 bits per heavy atom. The molecule has 2 heterocycles. The maximum Gasteiger partial charge on any atom is 0.343 e. The predicted octanol–water partition coefficient (Wildman–Crippen LogP) is 0.0335. The fourth-order valence-electron chi connectivity index (χ4n) is 4.67. The Hall–Kier alpha value is -3.76. The van der Waals surface area contributed by atoms with Crippen LogP contribution in [0.3, 0.4) is 0 Å². The van der Waals surface area contributed by atoms with Crippen molar-refractivity contribution >= 4 is 21.6 Å². The zero-order valence-corrected chi connectivity index (χ0v) is 23.7. The molecule has 0 spiro atoms. The number of aryl methyl sites for hydroxylation is 1. The van der Waals surface area contributed by atoms with Gasteiger partial charge in [0.2, 0.25) is 5.91 Å². The summed E-state index contributed by atoms with van der Waals surface area (Å²) in [6, 6.07) is 6.85. The summed E-state index contributed by atoms with van der Waals surface area (Å²) >= 11 is 0. The fourth-order valence-corrected chi connectivity index (χ4v) is 5.70. The van der Waals surface area contributed by atoms with Crippen molar-refractivity contribution in [1.82, 2.24) is 14.9 Å². The second kappa shape index (κ2) is 12.6. The maximum atomic E-state index is 13.2. The fraction of sp³-hybridized carbons (Fsp3) is 0.444. The molecule has 1 aromatic carbocycles. The number of rotatable bonds is 14. The highest BCUT2D eigenvalue weighted by Crippen LogP contribution is 2.48. The van der Waals surface area contributed by atoms with Crippen LogP contribution in [-0.2, 0) is 21.9 Å². The number of nitrogens with one attached hydrogen (secondary N) is 2. The van der Waals surface area contributed by atoms with Gasteiger partial charge < -0.3 is 40.5 Å². The van der Waals surface area contributed by atoms with Crippen molar-refractivity contribution in [1.29, 1.82) is 0 Å². The summed E-state index contributed by atoms with van der Waals surface area (Å²) in [4.78, 5) is 29.4. The zero-order chi connectivity index (χ0) is 30.7. The molecular formula is C27H35N5O9S. The summed E-state index contributed by atoms with van der Waals surface area (Å²) < 4.78 is 35.0. The minimum Gasteiger partial charge on any atom is -0.507 e. The number of aromatic nitrogens is 2. The number of benzene rings is 1. The van der Waals surface area contributed by atoms with Gasteiger partial charge in [-0.1, -0.05) is 12.1 Å². The number of nitrogens with zero attached hydrogens (tertiary/aromatic N) is 2. The summed E-state index contributed by atoms with van der Waals surface area (Å²) in [6.45, 7) is -2.03. The van der Waals surface area contributed by atoms with E-state index in [0.29, 0.717) is 5.56 Å². The number of anilines is 1. The molecule has 0 aliphatic heterocycles. The molecule has 2 atom stereocenters. The predicted molar refractivity (Wildman–Crippen MR) is 150 cm³/mol. The van der Waals surface area contributed by atoms with E-state index in [1.807, 2.05) is 0 Å². The molecule has 1 aliphatic rings. The number of hydrogen-bond acceptors (Lipinski definition) is 11. The van der Waals surface area contributed by atoms with Crippen LogP contribution in [0.15, 0.2) is 57.1 Å². The van der Waals surface area contributed by atoms with Gasteiger partial charge >= 0.3 is 5.63 Å². The highest BCUT2D eigenvalue weighted by atomic mass is 32.2. The lowest BCUT2D eigenvalue weighted by molar-refractivity contribution is -0.125. The molecule has 1 fully saturated rings. The normalized spacial score (nSPS) is 15.3. The first-order chi connectivity index (χ1) is 19.9. The molecule has 1 saturated carbocycles. The first-order valence-electron chi connectivity index (χ1n) is 13.3. The Morgan fingerprint density at radius 2 is 1.90 bits per heavy atom. The monoisotopic (exact) mass is 605 g/mol. The second-order valence-electron chi connectivity index (χ2n) is 10.6. The molecule has 0 saturated heterocycles. The molecule has 14 nitrogen and oxygen atoms in total. The van der Waals surface area contributed by atoms with Gasteiger partial charge in [-0.15, -0.1) is 0 Å². The maximum absolute atomic E-state index is 13.2. The van der Waals surface area contributed by atoms with Crippen LogP contribution in [0, 0.1) is 5.92 Å². The number of nitrogens with two attached hydrogens (primary N) is 1. The molecule has 1 aliphatic carbocycles. The third-order valence-corrected chi connectivity index (χ3v) is 8.47. The molecule has 42 heavy (non-hydrogen) atoms. The van der Waals surface area contributed by atoms with Crippen LogP contribution in [0.25, 0.3) is 0 Å². The zero-order valence-electron chi connectivity index (χ0n) is 22.9. The van der Waals surface area contributed by atoms with Gasteiger partial charge in [0, 0.05) is 37.3 Å². The van der Waals surface area contributed by atoms with Crippen LogP contribution in [0.1, 0.15) is 54.5 Å². The molecule has 228 valence electrons. The molecule has 2 aromatic heterocycles. The molecule has 15 heteroatoms. The van der Waals surface area contributed by atoms with Gasteiger partial charge in [-0.3, -0.25) is 9.52 Å². The average Bonchev–Trinajstić information content (AvgIpc) is 3.69. The molecule has 0 radical (unpaired) electrons. The largest absolute Gasteiger partial charge is 0.507 e. The number of carbonyl (C=O) groups is 1. The lowest BCUT2D eigenvalue weighted by Crippen LogP contribution is -2.57. The molecular weight excluding hydrogens is 570 g/mol. The number of aromatic hydroxyl groups is 1. The van der Waals surface area contributed by atoms with Gasteiger partial charge in [0.1, 0.15) is 17.0 Å². The summed E-state index contributed by atoms with van der Waals surface area (Å²) in [7, 11) is -2.30. The van der Waals surface area contributed by atoms with Gasteiger partial charge in [-0.25, -0.2) is 9.78 Å². The number of sulfonamides is 1. The van der Waals surface area contributed by atoms with Gasteiger partial charge in [0.15, 0.2) is 5.03 Å². The SMILES string of the molecule is Cn1cnc(S(=O)(=O)Nc2cccc(C(c3c(O)cc(C(N)CCC(=O)NC(CO)(CO)CO)oc3=O)C3CC3)c2)c1. The van der Waals surface area contributed by atoms with Crippen molar-refractivity contribution in [2.45, 2.75) is 48.2 Å². The highest BCUT2D eigenvalue weighted by molar-refractivity contribution is 7.92. The van der Waals surface area contributed by atoms with Crippen LogP contribution >= 0.6 is 0 Å². The lowest BCUT2D eigenvalue weighted by Gasteiger charge is -2.28. The molecule has 4 rings (SSSR count). The van der Waals surface area contributed by atoms with E-state index in [1.165, 1.54) is 23.2 Å². The standard InChI is InChI=1S/C27H35N5O9S/c1-32-11-23(29-15-32)42(39,40)31-18-4-2-3-17(9-18)24(16-5-6-16)25-20(36)10-21(41-26(25)38)19(28)7-8-22(37)30-27(12-33,13-34)14-35/h2-4,9-11,15-16,19,24,31,33-36H,5-8,12-14,28H2,1H3,(H,30,37). The van der Waals surface area contributed by atoms with E-state index in [0.717, 1.165) is 12.8 Å². The summed E-state index contributed by atoms with van der Waals surface area (Å²) in [6.07, 6.45) is 4.14. The van der Waals surface area contributed by atoms with E-state index in [9.17, 15) is 38.4 Å². The van der Waals surface area contributed by atoms with E-state index in [4.69, 9.17) is 10.2 Å². The first kappa shape index (κ1) is 31.2. The van der Waals surface area contributed by atoms with E-state index < -0.39 is 58.9 Å².